The van der Waals surface area contributed by atoms with E-state index in [1.165, 1.54) is 14.2 Å². The fourth-order valence-corrected chi connectivity index (χ4v) is 7.67. The topological polar surface area (TPSA) is 167 Å². The van der Waals surface area contributed by atoms with Crippen molar-refractivity contribution in [3.8, 4) is 0 Å². The van der Waals surface area contributed by atoms with Gasteiger partial charge < -0.3 is 40.3 Å². The van der Waals surface area contributed by atoms with E-state index in [-0.39, 0.29) is 48.3 Å². The van der Waals surface area contributed by atoms with Gasteiger partial charge in [0.25, 0.3) is 0 Å². The van der Waals surface area contributed by atoms with E-state index in [0.717, 1.165) is 0 Å². The van der Waals surface area contributed by atoms with Crippen molar-refractivity contribution in [2.75, 3.05) is 34.9 Å². The third kappa shape index (κ3) is 12.4. The molecule has 1 aromatic rings. The number of hydrogen-bond donors (Lipinski definition) is 4. The van der Waals surface area contributed by atoms with Crippen LogP contribution in [0.1, 0.15) is 79.7 Å². The number of carboxylic acids is 1. The molecule has 53 heavy (non-hydrogen) atoms. The maximum Gasteiger partial charge on any atom is 0.326 e. The lowest BCUT2D eigenvalue weighted by atomic mass is 9.89. The van der Waals surface area contributed by atoms with Crippen LogP contribution in [0.5, 0.6) is 0 Å². The van der Waals surface area contributed by atoms with E-state index in [4.69, 9.17) is 21.1 Å². The number of benzene rings is 1. The van der Waals surface area contributed by atoms with Gasteiger partial charge in [-0.05, 0) is 55.3 Å². The van der Waals surface area contributed by atoms with Crippen molar-refractivity contribution >= 4 is 41.2 Å². The number of methoxy groups -OCH3 is 2. The van der Waals surface area contributed by atoms with E-state index < -0.39 is 60.2 Å². The number of amides is 4. The van der Waals surface area contributed by atoms with E-state index in [2.05, 4.69) is 16.0 Å². The van der Waals surface area contributed by atoms with Gasteiger partial charge in [0.15, 0.2) is 0 Å². The first-order valence-electron chi connectivity index (χ1n) is 18.8. The lowest BCUT2D eigenvalue weighted by Gasteiger charge is -2.41. The van der Waals surface area contributed by atoms with Crippen molar-refractivity contribution < 1.29 is 38.6 Å². The Kier molecular flexibility index (Phi) is 18.7. The number of halogens is 1. The number of nitrogens with zero attached hydrogens (tertiary/aromatic N) is 2. The fraction of sp³-hybridized carbons (Fsp3) is 0.718. The van der Waals surface area contributed by atoms with Crippen molar-refractivity contribution in [1.82, 2.24) is 25.8 Å². The van der Waals surface area contributed by atoms with Gasteiger partial charge in [-0.1, -0.05) is 78.6 Å². The Balaban J connectivity index is 2.27. The number of carboxylic acid groups (broad SMARTS) is 1. The van der Waals surface area contributed by atoms with Crippen LogP contribution < -0.4 is 16.0 Å². The number of aliphatic carboxylic acids is 1. The van der Waals surface area contributed by atoms with Gasteiger partial charge in [-0.2, -0.15) is 0 Å². The Morgan fingerprint density at radius 3 is 2.13 bits per heavy atom. The van der Waals surface area contributed by atoms with E-state index in [9.17, 15) is 29.1 Å². The van der Waals surface area contributed by atoms with Gasteiger partial charge in [-0.3, -0.25) is 19.2 Å². The molecule has 4 unspecified atom stereocenters. The molecule has 4 amide bonds. The second-order valence-corrected chi connectivity index (χ2v) is 15.5. The third-order valence-corrected chi connectivity index (χ3v) is 10.9. The Bertz CT molecular complexity index is 1380. The van der Waals surface area contributed by atoms with E-state index in [1.54, 1.807) is 55.1 Å². The molecular formula is C39H64ClN5O8. The van der Waals surface area contributed by atoms with E-state index >= 15 is 0 Å². The molecule has 0 saturated carbocycles. The number of rotatable bonds is 21. The Morgan fingerprint density at radius 2 is 1.62 bits per heavy atom. The zero-order chi connectivity index (χ0) is 40.2. The SMILES string of the molecule is CC[C@H](C)[C@@H]([C@@H](CC(=O)N1CCCC1[C@H](OC)[C@@H](C)C(=O)NC(Cc1cccc(Cl)c1)C(=O)O)OC)N(C)C(=O)C(NC(=O)C(NC)C(C)C)C(C)C. The van der Waals surface area contributed by atoms with Gasteiger partial charge in [0.2, 0.25) is 23.6 Å². The minimum Gasteiger partial charge on any atom is -0.480 e. The molecule has 1 heterocycles. The molecule has 0 bridgehead atoms. The van der Waals surface area contributed by atoms with Gasteiger partial charge in [0.05, 0.1) is 42.7 Å². The van der Waals surface area contributed by atoms with Crippen LogP contribution in [0.2, 0.25) is 5.02 Å². The molecule has 300 valence electrons. The number of ether oxygens (including phenoxy) is 2. The van der Waals surface area contributed by atoms with Crippen LogP contribution in [-0.4, -0.2) is 122 Å². The first-order valence-corrected chi connectivity index (χ1v) is 19.2. The number of likely N-dealkylation sites (tertiary alicyclic amines) is 1. The van der Waals surface area contributed by atoms with Gasteiger partial charge in [0.1, 0.15) is 12.1 Å². The van der Waals surface area contributed by atoms with Gasteiger partial charge >= 0.3 is 5.97 Å². The zero-order valence-corrected chi connectivity index (χ0v) is 34.2. The molecule has 0 radical (unpaired) electrons. The summed E-state index contributed by atoms with van der Waals surface area (Å²) in [5.74, 6) is -3.41. The van der Waals surface area contributed by atoms with Crippen LogP contribution in [0, 0.1) is 23.7 Å². The Morgan fingerprint density at radius 1 is 0.981 bits per heavy atom. The molecule has 0 aliphatic carbocycles. The summed E-state index contributed by atoms with van der Waals surface area (Å²) in [5, 5.41) is 19.0. The van der Waals surface area contributed by atoms with Crippen LogP contribution in [0.15, 0.2) is 24.3 Å². The molecule has 1 fully saturated rings. The molecule has 2 rings (SSSR count). The standard InChI is InChI=1S/C39H64ClN5O8/c1-12-24(6)34(44(9)38(49)33(23(4)5)43-37(48)32(41-8)22(2)3)30(52-10)21-31(46)45-18-14-17-29(45)35(53-11)25(7)36(47)42-28(39(50)51)20-26-15-13-16-27(40)19-26/h13,15-16,19,22-25,28-30,32-35,41H,12,14,17-18,20-21H2,1-11H3,(H,42,47)(H,43,48)(H,50,51)/t24-,25+,28?,29?,30+,32?,33?,34-,35+/m0/s1. The zero-order valence-electron chi connectivity index (χ0n) is 33.5. The van der Waals surface area contributed by atoms with Gasteiger partial charge in [-0.15, -0.1) is 0 Å². The number of carbonyl (C=O) groups excluding carboxylic acids is 4. The fourth-order valence-electron chi connectivity index (χ4n) is 7.45. The second kappa shape index (κ2) is 21.6. The van der Waals surface area contributed by atoms with Crippen LogP contribution in [0.4, 0.5) is 0 Å². The van der Waals surface area contributed by atoms with Crippen molar-refractivity contribution in [3.63, 3.8) is 0 Å². The molecule has 0 spiro atoms. The van der Waals surface area contributed by atoms with Crippen LogP contribution in [0.3, 0.4) is 0 Å². The highest BCUT2D eigenvalue weighted by atomic mass is 35.5. The number of nitrogens with one attached hydrogen (secondary N) is 3. The third-order valence-electron chi connectivity index (χ3n) is 10.7. The normalized spacial score (nSPS) is 19.1. The van der Waals surface area contributed by atoms with Gasteiger partial charge in [0, 0.05) is 39.3 Å². The minimum absolute atomic E-state index is 0.0169. The lowest BCUT2D eigenvalue weighted by molar-refractivity contribution is -0.148. The van der Waals surface area contributed by atoms with Crippen molar-refractivity contribution in [1.29, 1.82) is 0 Å². The maximum absolute atomic E-state index is 14.1. The smallest absolute Gasteiger partial charge is 0.326 e. The monoisotopic (exact) mass is 765 g/mol. The molecular weight excluding hydrogens is 702 g/mol. The molecule has 4 N–H and O–H groups in total. The van der Waals surface area contributed by atoms with Crippen LogP contribution in [-0.2, 0) is 39.9 Å². The first-order chi connectivity index (χ1) is 24.9. The molecule has 13 nitrogen and oxygen atoms in total. The first kappa shape index (κ1) is 45.9. The summed E-state index contributed by atoms with van der Waals surface area (Å²) in [6.07, 6.45) is 0.654. The maximum atomic E-state index is 14.1. The van der Waals surface area contributed by atoms with E-state index in [0.29, 0.717) is 36.4 Å². The number of hydrogen-bond acceptors (Lipinski definition) is 8. The number of carbonyl (C=O) groups is 5. The summed E-state index contributed by atoms with van der Waals surface area (Å²) in [6, 6.07) is 3.45. The summed E-state index contributed by atoms with van der Waals surface area (Å²) < 4.78 is 11.8. The quantitative estimate of drug-likeness (QED) is 0.146. The summed E-state index contributed by atoms with van der Waals surface area (Å²) in [4.78, 5) is 70.4. The summed E-state index contributed by atoms with van der Waals surface area (Å²) in [7, 11) is 6.43. The minimum atomic E-state index is -1.19. The highest BCUT2D eigenvalue weighted by molar-refractivity contribution is 6.30. The summed E-state index contributed by atoms with van der Waals surface area (Å²) in [6.45, 7) is 13.8. The molecule has 1 aliphatic heterocycles. The lowest BCUT2D eigenvalue weighted by Crippen LogP contribution is -2.59. The highest BCUT2D eigenvalue weighted by Gasteiger charge is 2.43. The van der Waals surface area contributed by atoms with Crippen LogP contribution in [0.25, 0.3) is 0 Å². The average molecular weight is 766 g/mol. The van der Waals surface area contributed by atoms with Crippen LogP contribution >= 0.6 is 11.6 Å². The van der Waals surface area contributed by atoms with Crippen molar-refractivity contribution in [3.05, 3.63) is 34.9 Å². The molecule has 1 saturated heterocycles. The Labute approximate surface area is 321 Å². The molecule has 9 atom stereocenters. The summed E-state index contributed by atoms with van der Waals surface area (Å²) >= 11 is 6.08. The van der Waals surface area contributed by atoms with Crippen molar-refractivity contribution in [2.24, 2.45) is 23.7 Å². The molecule has 0 aromatic heterocycles. The average Bonchev–Trinajstić information content (AvgIpc) is 3.59. The number of likely N-dealkylation sites (N-methyl/N-ethyl adjacent to an activating group) is 2. The highest BCUT2D eigenvalue weighted by Crippen LogP contribution is 2.30. The second-order valence-electron chi connectivity index (χ2n) is 15.1. The molecule has 1 aromatic carbocycles. The largest absolute Gasteiger partial charge is 0.480 e. The predicted molar refractivity (Wildman–Crippen MR) is 205 cm³/mol. The predicted octanol–water partition coefficient (Wildman–Crippen LogP) is 3.76. The molecule has 14 heteroatoms. The van der Waals surface area contributed by atoms with Gasteiger partial charge in [-0.25, -0.2) is 4.79 Å². The Hall–Kier alpha value is -3.26. The van der Waals surface area contributed by atoms with Crippen molar-refractivity contribution in [2.45, 2.75) is 123 Å². The molecule has 1 aliphatic rings. The van der Waals surface area contributed by atoms with E-state index in [1.807, 2.05) is 41.5 Å². The summed E-state index contributed by atoms with van der Waals surface area (Å²) in [5.41, 5.74) is 0.669.